The molecule has 12 N–H and O–H groups in total. The maximum Gasteiger partial charge on any atom is 0.270 e. The van der Waals surface area contributed by atoms with Crippen LogP contribution in [0.4, 0.5) is 56.9 Å². The fourth-order valence-corrected chi connectivity index (χ4v) is 14.4. The van der Waals surface area contributed by atoms with Crippen molar-refractivity contribution < 1.29 is 59.0 Å². The quantitative estimate of drug-likeness (QED) is 0.00842. The molecule has 5 aliphatic carbocycles. The van der Waals surface area contributed by atoms with Crippen molar-refractivity contribution in [2.75, 3.05) is 38.6 Å². The van der Waals surface area contributed by atoms with Crippen molar-refractivity contribution >= 4 is 150 Å². The van der Waals surface area contributed by atoms with Crippen molar-refractivity contribution in [3.63, 3.8) is 0 Å². The van der Waals surface area contributed by atoms with E-state index < -0.39 is 9.85 Å². The van der Waals surface area contributed by atoms with Gasteiger partial charge in [0.15, 0.2) is 0 Å². The minimum Gasteiger partial charge on any atom is -0.399 e. The van der Waals surface area contributed by atoms with Crippen LogP contribution in [-0.2, 0) is 55.6 Å². The number of hydrogen-bond acceptors (Lipinski definition) is 15. The van der Waals surface area contributed by atoms with Crippen molar-refractivity contribution in [1.82, 2.24) is 0 Å². The fourth-order valence-electron chi connectivity index (χ4n) is 14.4. The molecule has 15 rings (SSSR count). The fraction of sp³-hybridized carbons (Fsp3) is 0.425. The summed E-state index contributed by atoms with van der Waals surface area (Å²) in [5.41, 5.74) is 30.2. The van der Waals surface area contributed by atoms with E-state index in [4.69, 9.17) is 22.6 Å². The number of thioether (sulfide) groups is 1. The van der Waals surface area contributed by atoms with Gasteiger partial charge in [-0.05, 0) is 211 Å². The van der Waals surface area contributed by atoms with Crippen molar-refractivity contribution in [2.45, 2.75) is 173 Å². The van der Waals surface area contributed by atoms with Gasteiger partial charge in [-0.1, -0.05) is 44.1 Å². The van der Waals surface area contributed by atoms with Crippen molar-refractivity contribution in [3.8, 4) is 0 Å². The molecule has 0 radical (unpaired) electrons. The summed E-state index contributed by atoms with van der Waals surface area (Å²) in [7, 11) is 0. The number of rotatable bonds is 7. The molecule has 5 aromatic rings. The molecule has 0 aromatic heterocycles. The minimum absolute atomic E-state index is 0. The van der Waals surface area contributed by atoms with Crippen LogP contribution >= 0.6 is 35.7 Å². The third kappa shape index (κ3) is 21.0. The Morgan fingerprint density at radius 2 is 0.909 bits per heavy atom. The third-order valence-corrected chi connectivity index (χ3v) is 19.5. The summed E-state index contributed by atoms with van der Waals surface area (Å²) < 4.78 is 0. The van der Waals surface area contributed by atoms with Crippen LogP contribution in [0.25, 0.3) is 5.57 Å². The average molecular weight is 1580 g/mol. The van der Waals surface area contributed by atoms with Gasteiger partial charge in [0.25, 0.3) is 17.3 Å². The molecule has 26 heteroatoms. The molecule has 532 valence electrons. The van der Waals surface area contributed by atoms with Crippen molar-refractivity contribution in [1.29, 1.82) is 5.41 Å². The number of carbonyl (C=O) groups is 6. The first-order chi connectivity index (χ1) is 46.0. The number of carbonyl (C=O) groups excluding carboxylic acids is 6. The molecule has 99 heavy (non-hydrogen) atoms. The number of benzene rings is 5. The summed E-state index contributed by atoms with van der Waals surface area (Å²) >= 11 is 1.46. The number of allylic oxidation sites excluding steroid dienone is 1. The number of nitro groups is 2. The van der Waals surface area contributed by atoms with E-state index in [2.05, 4.69) is 36.6 Å². The summed E-state index contributed by atoms with van der Waals surface area (Å²) in [6, 6.07) is 26.3. The average Bonchev–Trinajstić information content (AvgIpc) is 1.65. The predicted octanol–water partition coefficient (Wildman–Crippen LogP) is 15.8. The molecule has 5 heterocycles. The van der Waals surface area contributed by atoms with Crippen LogP contribution in [-0.4, -0.2) is 68.1 Å². The Morgan fingerprint density at radius 3 is 1.30 bits per heavy atom. The number of hydrogen-bond donors (Lipinski definition) is 9. The van der Waals surface area contributed by atoms with Gasteiger partial charge in [0.2, 0.25) is 23.6 Å². The standard InChI is InChI=1S/2C15H19N3O.C13H12N2O3.C13H16N2O.C8H6N2O3.C5H8O.C3H7NS.CH3.HI.Pd/c2*1-9(16)17-11-6-7-13-12(8-11)14(15(19)18-13)10-4-2-3-5-10;16-13-12(8-3-1-2-4-8)10-7-9(15(17)18)5-6-11(10)14-13;14-9-5-6-11-10(7-9)12(13(16)15-11)8-3-1-2-4-8;11-8-4-5-3-6(10(12)13)1-2-7(5)9-8;6-5-3-1-2-4-5;1-3(4)5-2;;;/h2*6-8,10,14H,2-5H2,1H3,(H2,16,17)(H,18,19);5-7H,1-4H2,(H,14,16);5-8,12H,1-4,14H2,(H,15,16);1-3H,4H2,(H,9,11);1-4H2;4H,1-2H3;1H3;1H;/q;;;;;;;-1;;. The number of halogens is 1. The van der Waals surface area contributed by atoms with Gasteiger partial charge in [-0.25, -0.2) is 9.98 Å². The Bertz CT molecular complexity index is 3810. The number of ketones is 1. The molecule has 5 fully saturated rings. The van der Waals surface area contributed by atoms with Gasteiger partial charge in [-0.3, -0.25) is 54.4 Å². The number of amidine groups is 2. The van der Waals surface area contributed by atoms with Gasteiger partial charge in [0.05, 0.1) is 62.1 Å². The zero-order valence-corrected chi connectivity index (χ0v) is 61.4. The van der Waals surface area contributed by atoms with E-state index in [1.807, 2.05) is 60.9 Å². The van der Waals surface area contributed by atoms with Crippen molar-refractivity contribution in [2.24, 2.45) is 39.2 Å². The number of Topliss-reactive ketones (excluding diaryl/α,β-unsaturated/α-hetero) is 1. The van der Waals surface area contributed by atoms with Crippen LogP contribution in [0.3, 0.4) is 0 Å². The van der Waals surface area contributed by atoms with Gasteiger partial charge in [-0.15, -0.1) is 35.7 Å². The van der Waals surface area contributed by atoms with Gasteiger partial charge in [0.1, 0.15) is 5.78 Å². The van der Waals surface area contributed by atoms with Gasteiger partial charge in [0, 0.05) is 103 Å². The SMILES string of the molecule is CC(N)=Nc1ccc2c(c1)C(C1CCCC1)C(=O)N2.CC(N)=Nc1ccc2c(c1)C(C1CCCC1)C(=O)N2.CSC(C)=N.I.Nc1ccc2c(c1)C(C1CCCC1)C(=O)N2.O=C1CCCC1.O=C1Cc2cc([N+](=O)[O-])ccc2N1.O=C1Nc2ccc([N+](=O)[O-])cc2C1=C1CCCC1.[CH3-].[Pd]. The monoisotopic (exact) mass is 1570 g/mol. The molecule has 3 unspecified atom stereocenters. The second-order valence-electron chi connectivity index (χ2n) is 25.9. The van der Waals surface area contributed by atoms with Crippen LogP contribution in [0.2, 0.25) is 0 Å². The van der Waals surface area contributed by atoms with E-state index in [9.17, 15) is 49.0 Å². The van der Waals surface area contributed by atoms with Gasteiger partial charge in [-0.2, -0.15) is 0 Å². The molecular formula is C73H91IN13O10PdS-. The maximum absolute atomic E-state index is 12.2. The number of nitrogen functional groups attached to an aromatic ring is 1. The van der Waals surface area contributed by atoms with Gasteiger partial charge < -0.3 is 51.2 Å². The smallest absolute Gasteiger partial charge is 0.270 e. The number of nitrogens with one attached hydrogen (secondary N) is 6. The van der Waals surface area contributed by atoms with Crippen LogP contribution in [0.15, 0.2) is 107 Å². The Labute approximate surface area is 613 Å². The number of anilines is 6. The first-order valence-electron chi connectivity index (χ1n) is 33.3. The number of amides is 5. The maximum atomic E-state index is 12.2. The molecule has 3 atom stereocenters. The van der Waals surface area contributed by atoms with E-state index in [-0.39, 0.29) is 117 Å². The number of nitrogens with two attached hydrogens (primary N) is 3. The molecule has 5 aromatic carbocycles. The summed E-state index contributed by atoms with van der Waals surface area (Å²) in [6.07, 6.45) is 24.6. The first kappa shape index (κ1) is 79.8. The number of non-ortho nitro benzene ring substituents is 2. The second-order valence-corrected chi connectivity index (χ2v) is 26.9. The number of aliphatic imine (C=N–C) groups is 2. The largest absolute Gasteiger partial charge is 0.399 e. The molecule has 10 aliphatic rings. The summed E-state index contributed by atoms with van der Waals surface area (Å²) in [5.74, 6) is 3.28. The number of nitro benzene ring substituents is 2. The Hall–Kier alpha value is -8.19. The second kappa shape index (κ2) is 37.3. The molecular weight excluding hydrogens is 1480 g/mol. The third-order valence-electron chi connectivity index (χ3n) is 18.9. The number of nitrogens with zero attached hydrogens (tertiary/aromatic N) is 4. The molecule has 23 nitrogen and oxygen atoms in total. The van der Waals surface area contributed by atoms with Crippen LogP contribution in [0.5, 0.6) is 0 Å². The molecule has 0 saturated heterocycles. The molecule has 5 aliphatic heterocycles. The van der Waals surface area contributed by atoms with E-state index in [0.29, 0.717) is 68.3 Å². The topological polar surface area (TPSA) is 375 Å². The first-order valence-corrected chi connectivity index (χ1v) is 34.5. The Kier molecular flexibility index (Phi) is 30.1. The van der Waals surface area contributed by atoms with E-state index in [1.165, 1.54) is 87.4 Å². The zero-order valence-electron chi connectivity index (χ0n) is 56.7. The molecule has 5 saturated carbocycles. The molecule has 0 spiro atoms. The van der Waals surface area contributed by atoms with E-state index in [0.717, 1.165) is 133 Å². The molecule has 5 amide bonds. The summed E-state index contributed by atoms with van der Waals surface area (Å²) in [5, 5.41) is 42.9. The van der Waals surface area contributed by atoms with E-state index >= 15 is 0 Å². The Morgan fingerprint density at radius 1 is 0.525 bits per heavy atom. The van der Waals surface area contributed by atoms with E-state index in [1.54, 1.807) is 32.9 Å². The van der Waals surface area contributed by atoms with Crippen LogP contribution < -0.4 is 43.8 Å². The summed E-state index contributed by atoms with van der Waals surface area (Å²) in [4.78, 5) is 98.3. The zero-order chi connectivity index (χ0) is 68.7. The normalized spacial score (nSPS) is 19.8. The minimum atomic E-state index is -0.469. The summed E-state index contributed by atoms with van der Waals surface area (Å²) in [6.45, 7) is 5.31. The predicted molar refractivity (Wildman–Crippen MR) is 402 cm³/mol. The van der Waals surface area contributed by atoms with Crippen molar-refractivity contribution in [3.05, 3.63) is 152 Å². The molecule has 0 bridgehead atoms. The van der Waals surface area contributed by atoms with Gasteiger partial charge >= 0.3 is 0 Å². The van der Waals surface area contributed by atoms with Crippen LogP contribution in [0, 0.1) is 50.8 Å². The Balaban J connectivity index is 0.000000187. The number of fused-ring (bicyclic) bond motifs is 5. The van der Waals surface area contributed by atoms with Crippen LogP contribution in [0.1, 0.15) is 195 Å².